The molecule has 0 aliphatic rings. The number of unbranched alkanes of at least 4 members (excludes halogenated alkanes) is 22. The van der Waals surface area contributed by atoms with Gasteiger partial charge in [0.25, 0.3) is 0 Å². The molecule has 0 saturated carbocycles. The molecular formula is C53H102N2O6. The molecule has 1 amide bonds. The van der Waals surface area contributed by atoms with Gasteiger partial charge in [-0.3, -0.25) is 9.68 Å². The fourth-order valence-corrected chi connectivity index (χ4v) is 8.68. The van der Waals surface area contributed by atoms with Crippen molar-refractivity contribution >= 4 is 17.8 Å². The zero-order valence-electron chi connectivity index (χ0n) is 41.6. The van der Waals surface area contributed by atoms with Crippen LogP contribution in [0.25, 0.3) is 0 Å². The Bertz CT molecular complexity index is 1030. The summed E-state index contributed by atoms with van der Waals surface area (Å²) in [4.78, 5) is 53.6. The van der Waals surface area contributed by atoms with E-state index in [0.29, 0.717) is 18.4 Å². The molecule has 0 aliphatic heterocycles. The number of carbonyl (C=O) groups excluding carboxylic acids is 2. The van der Waals surface area contributed by atoms with Crippen molar-refractivity contribution in [2.24, 2.45) is 5.92 Å². The Labute approximate surface area is 378 Å². The minimum absolute atomic E-state index is 0.0477. The Morgan fingerprint density at radius 2 is 0.967 bits per heavy atom. The van der Waals surface area contributed by atoms with Crippen LogP contribution in [0.3, 0.4) is 0 Å². The summed E-state index contributed by atoms with van der Waals surface area (Å²) >= 11 is 0. The van der Waals surface area contributed by atoms with Crippen molar-refractivity contribution in [1.29, 1.82) is 0 Å². The molecule has 1 unspecified atom stereocenters. The van der Waals surface area contributed by atoms with Gasteiger partial charge in [-0.2, -0.15) is 4.89 Å². The number of carboxylic acid groups (broad SMARTS) is 1. The minimum Gasteiger partial charge on any atom is -0.478 e. The SMILES string of the molecule is CCCCCCCCCCC(CCCCC=C(C(=O)O)C(CCCCCCCC)CCCCCCCC)N(CCCN(C)C)C(=O)CCCCCCC(=O)OOC(CC)CC. The molecular weight excluding hydrogens is 761 g/mol. The maximum absolute atomic E-state index is 14.0. The number of carboxylic acids is 1. The first-order chi connectivity index (χ1) is 29.6. The number of rotatable bonds is 46. The van der Waals surface area contributed by atoms with Crippen LogP contribution in [-0.2, 0) is 24.2 Å². The molecule has 360 valence electrons. The quantitative estimate of drug-likeness (QED) is 0.0282. The molecule has 1 atom stereocenters. The van der Waals surface area contributed by atoms with Gasteiger partial charge in [-0.15, -0.1) is 0 Å². The summed E-state index contributed by atoms with van der Waals surface area (Å²) in [6.07, 6.45) is 40.6. The van der Waals surface area contributed by atoms with E-state index in [2.05, 4.69) is 50.7 Å². The first-order valence-electron chi connectivity index (χ1n) is 26.4. The monoisotopic (exact) mass is 863 g/mol. The first-order valence-corrected chi connectivity index (χ1v) is 26.4. The second kappa shape index (κ2) is 43.3. The number of nitrogens with zero attached hydrogens (tertiary/aromatic N) is 2. The maximum atomic E-state index is 14.0. The van der Waals surface area contributed by atoms with E-state index in [1.54, 1.807) is 0 Å². The van der Waals surface area contributed by atoms with Crippen LogP contribution < -0.4 is 0 Å². The van der Waals surface area contributed by atoms with E-state index in [4.69, 9.17) is 9.78 Å². The standard InChI is InChI=1S/C53H102N2O6/c1-8-13-16-19-22-23-26-32-40-48(55(46-37-45-54(6)7)51(56)43-35-27-28-36-44-52(57)61-60-49(11-4)12-5)41-33-29-34-42-50(53(58)59)47(38-30-24-20-17-14-9-2)39-31-25-21-18-15-10-3/h42,47-49H,8-41,43-46H2,1-7H3,(H,58,59). The van der Waals surface area contributed by atoms with Gasteiger partial charge in [-0.05, 0) is 97.2 Å². The molecule has 0 rings (SSSR count). The lowest BCUT2D eigenvalue weighted by molar-refractivity contribution is -0.298. The lowest BCUT2D eigenvalue weighted by Crippen LogP contribution is -2.41. The van der Waals surface area contributed by atoms with Crippen molar-refractivity contribution in [1.82, 2.24) is 9.80 Å². The Morgan fingerprint density at radius 3 is 1.44 bits per heavy atom. The summed E-state index contributed by atoms with van der Waals surface area (Å²) < 4.78 is 0. The largest absolute Gasteiger partial charge is 0.478 e. The molecule has 0 heterocycles. The highest BCUT2D eigenvalue weighted by molar-refractivity contribution is 5.87. The van der Waals surface area contributed by atoms with Gasteiger partial charge in [-0.25, -0.2) is 9.59 Å². The second-order valence-corrected chi connectivity index (χ2v) is 18.6. The Hall–Kier alpha value is -1.93. The van der Waals surface area contributed by atoms with Crippen LogP contribution in [0.5, 0.6) is 0 Å². The van der Waals surface area contributed by atoms with Crippen molar-refractivity contribution in [3.63, 3.8) is 0 Å². The molecule has 0 aliphatic carbocycles. The van der Waals surface area contributed by atoms with E-state index in [1.165, 1.54) is 109 Å². The average molecular weight is 863 g/mol. The third-order valence-corrected chi connectivity index (χ3v) is 12.7. The minimum atomic E-state index is -0.724. The Kier molecular flexibility index (Phi) is 42.0. The lowest BCUT2D eigenvalue weighted by Gasteiger charge is -2.33. The highest BCUT2D eigenvalue weighted by Crippen LogP contribution is 2.28. The van der Waals surface area contributed by atoms with Crippen molar-refractivity contribution in [3.05, 3.63) is 11.6 Å². The predicted molar refractivity (Wildman–Crippen MR) is 259 cm³/mol. The number of aliphatic carboxylic acids is 1. The van der Waals surface area contributed by atoms with Crippen LogP contribution in [0.1, 0.15) is 266 Å². The van der Waals surface area contributed by atoms with E-state index >= 15 is 0 Å². The molecule has 0 spiro atoms. The number of hydrogen-bond acceptors (Lipinski definition) is 6. The van der Waals surface area contributed by atoms with Crippen molar-refractivity contribution in [2.45, 2.75) is 278 Å². The van der Waals surface area contributed by atoms with Gasteiger partial charge < -0.3 is 14.9 Å². The average Bonchev–Trinajstić information content (AvgIpc) is 3.24. The predicted octanol–water partition coefficient (Wildman–Crippen LogP) is 15.4. The summed E-state index contributed by atoms with van der Waals surface area (Å²) in [7, 11) is 4.20. The van der Waals surface area contributed by atoms with Gasteiger partial charge in [0.15, 0.2) is 0 Å². The van der Waals surface area contributed by atoms with Gasteiger partial charge in [-0.1, -0.05) is 188 Å². The highest BCUT2D eigenvalue weighted by atomic mass is 17.2. The zero-order chi connectivity index (χ0) is 45.2. The summed E-state index contributed by atoms with van der Waals surface area (Å²) in [6.45, 7) is 12.5. The van der Waals surface area contributed by atoms with Gasteiger partial charge in [0.1, 0.15) is 6.10 Å². The van der Waals surface area contributed by atoms with Crippen molar-refractivity contribution in [2.75, 3.05) is 27.2 Å². The highest BCUT2D eigenvalue weighted by Gasteiger charge is 2.24. The third kappa shape index (κ3) is 35.1. The van der Waals surface area contributed by atoms with Crippen LogP contribution in [0, 0.1) is 5.92 Å². The molecule has 8 heteroatoms. The van der Waals surface area contributed by atoms with Gasteiger partial charge in [0, 0.05) is 31.0 Å². The molecule has 0 aromatic carbocycles. The normalized spacial score (nSPS) is 12.5. The van der Waals surface area contributed by atoms with E-state index in [9.17, 15) is 19.5 Å². The van der Waals surface area contributed by atoms with Crippen LogP contribution >= 0.6 is 0 Å². The van der Waals surface area contributed by atoms with E-state index in [1.807, 2.05) is 13.8 Å². The molecule has 0 saturated heterocycles. The fraction of sp³-hybridized carbons (Fsp3) is 0.906. The fourth-order valence-electron chi connectivity index (χ4n) is 8.68. The van der Waals surface area contributed by atoms with Crippen LogP contribution in [0.15, 0.2) is 11.6 Å². The van der Waals surface area contributed by atoms with Crippen LogP contribution in [0.2, 0.25) is 0 Å². The summed E-state index contributed by atoms with van der Waals surface area (Å²) in [5.74, 6) is -0.619. The number of allylic oxidation sites excluding steroid dienone is 1. The smallest absolute Gasteiger partial charge is 0.342 e. The summed E-state index contributed by atoms with van der Waals surface area (Å²) in [6, 6.07) is 0.218. The molecule has 61 heavy (non-hydrogen) atoms. The number of hydrogen-bond donors (Lipinski definition) is 1. The van der Waals surface area contributed by atoms with Gasteiger partial charge in [0.2, 0.25) is 5.91 Å². The van der Waals surface area contributed by atoms with E-state index in [0.717, 1.165) is 122 Å². The van der Waals surface area contributed by atoms with E-state index < -0.39 is 5.97 Å². The van der Waals surface area contributed by atoms with Crippen molar-refractivity contribution < 1.29 is 29.3 Å². The maximum Gasteiger partial charge on any atom is 0.342 e. The lowest BCUT2D eigenvalue weighted by atomic mass is 9.86. The molecule has 0 aromatic heterocycles. The molecule has 0 radical (unpaired) electrons. The number of amides is 1. The molecule has 1 N–H and O–H groups in total. The summed E-state index contributed by atoms with van der Waals surface area (Å²) in [5.41, 5.74) is 0.657. The molecule has 0 fully saturated rings. The van der Waals surface area contributed by atoms with Crippen LogP contribution in [0.4, 0.5) is 0 Å². The second-order valence-electron chi connectivity index (χ2n) is 18.6. The zero-order valence-corrected chi connectivity index (χ0v) is 41.6. The Balaban J connectivity index is 5.63. The molecule has 8 nitrogen and oxygen atoms in total. The molecule has 0 bridgehead atoms. The third-order valence-electron chi connectivity index (χ3n) is 12.7. The number of carbonyl (C=O) groups is 3. The van der Waals surface area contributed by atoms with Crippen molar-refractivity contribution in [3.8, 4) is 0 Å². The topological polar surface area (TPSA) is 96.4 Å². The Morgan fingerprint density at radius 1 is 0.525 bits per heavy atom. The van der Waals surface area contributed by atoms with Gasteiger partial charge >= 0.3 is 11.9 Å². The van der Waals surface area contributed by atoms with Gasteiger partial charge in [0.05, 0.1) is 0 Å². The molecule has 0 aromatic rings. The van der Waals surface area contributed by atoms with Crippen LogP contribution in [-0.4, -0.2) is 72.1 Å². The van der Waals surface area contributed by atoms with E-state index in [-0.39, 0.29) is 29.9 Å². The summed E-state index contributed by atoms with van der Waals surface area (Å²) in [5, 5.41) is 10.4. The first kappa shape index (κ1) is 59.1.